The van der Waals surface area contributed by atoms with Gasteiger partial charge in [-0.1, -0.05) is 11.6 Å². The molecule has 0 bridgehead atoms. The molecule has 0 atom stereocenters. The third kappa shape index (κ3) is 5.67. The van der Waals surface area contributed by atoms with Gasteiger partial charge in [-0.3, -0.25) is 4.31 Å². The first kappa shape index (κ1) is 19.6. The number of hydrogen-bond acceptors (Lipinski definition) is 3. The summed E-state index contributed by atoms with van der Waals surface area (Å²) in [6, 6.07) is 2.54. The fourth-order valence-electron chi connectivity index (χ4n) is 2.11. The SMILES string of the molecule is CS(=O)(=O)N(CCNC(=O)NC1CC1)c1ccc(Cl)c(C(F)(F)F)c1. The number of nitrogens with one attached hydrogen (secondary N) is 2. The average Bonchev–Trinajstić information content (AvgIpc) is 3.26. The molecule has 1 aliphatic rings. The lowest BCUT2D eigenvalue weighted by atomic mass is 10.2. The molecule has 0 saturated heterocycles. The van der Waals surface area contributed by atoms with Gasteiger partial charge < -0.3 is 10.6 Å². The van der Waals surface area contributed by atoms with Gasteiger partial charge >= 0.3 is 12.2 Å². The van der Waals surface area contributed by atoms with Crippen LogP contribution in [0, 0.1) is 0 Å². The van der Waals surface area contributed by atoms with Gasteiger partial charge in [0.05, 0.1) is 29.1 Å². The second kappa shape index (κ2) is 7.28. The molecule has 2 N–H and O–H groups in total. The summed E-state index contributed by atoms with van der Waals surface area (Å²) in [6.07, 6.45) is -2.04. The van der Waals surface area contributed by atoms with Crippen LogP contribution in [0.25, 0.3) is 0 Å². The van der Waals surface area contributed by atoms with E-state index in [1.54, 1.807) is 0 Å². The monoisotopic (exact) mass is 399 g/mol. The van der Waals surface area contributed by atoms with Gasteiger partial charge in [0, 0.05) is 12.6 Å². The van der Waals surface area contributed by atoms with Gasteiger partial charge in [-0.25, -0.2) is 13.2 Å². The summed E-state index contributed by atoms with van der Waals surface area (Å²) in [6.45, 7) is -0.272. The van der Waals surface area contributed by atoms with E-state index < -0.39 is 32.8 Å². The maximum absolute atomic E-state index is 13.0. The quantitative estimate of drug-likeness (QED) is 0.771. The smallest absolute Gasteiger partial charge is 0.336 e. The lowest BCUT2D eigenvalue weighted by Crippen LogP contribution is -2.42. The van der Waals surface area contributed by atoms with Gasteiger partial charge in [0.1, 0.15) is 0 Å². The zero-order valence-electron chi connectivity index (χ0n) is 13.2. The number of benzene rings is 1. The normalized spacial score (nSPS) is 14.9. The summed E-state index contributed by atoms with van der Waals surface area (Å²) in [5.41, 5.74) is -1.30. The highest BCUT2D eigenvalue weighted by molar-refractivity contribution is 7.92. The van der Waals surface area contributed by atoms with Crippen LogP contribution in [0.4, 0.5) is 23.7 Å². The summed E-state index contributed by atoms with van der Waals surface area (Å²) >= 11 is 5.55. The van der Waals surface area contributed by atoms with Crippen LogP contribution in [0.2, 0.25) is 5.02 Å². The van der Waals surface area contributed by atoms with Crippen molar-refractivity contribution in [2.75, 3.05) is 23.7 Å². The van der Waals surface area contributed by atoms with Crippen LogP contribution in [0.1, 0.15) is 18.4 Å². The summed E-state index contributed by atoms with van der Waals surface area (Å²) in [4.78, 5) is 11.5. The van der Waals surface area contributed by atoms with Gasteiger partial charge in [0.15, 0.2) is 0 Å². The van der Waals surface area contributed by atoms with E-state index in [1.807, 2.05) is 0 Å². The number of alkyl halides is 3. The van der Waals surface area contributed by atoms with E-state index >= 15 is 0 Å². The van der Waals surface area contributed by atoms with Crippen LogP contribution in [-0.4, -0.2) is 39.8 Å². The maximum atomic E-state index is 13.0. The molecule has 0 radical (unpaired) electrons. The molecule has 1 aromatic rings. The number of sulfonamides is 1. The predicted molar refractivity (Wildman–Crippen MR) is 88.2 cm³/mol. The van der Waals surface area contributed by atoms with E-state index in [9.17, 15) is 26.4 Å². The van der Waals surface area contributed by atoms with Crippen LogP contribution in [0.3, 0.4) is 0 Å². The molecule has 2 rings (SSSR count). The largest absolute Gasteiger partial charge is 0.417 e. The van der Waals surface area contributed by atoms with Gasteiger partial charge in [-0.15, -0.1) is 0 Å². The summed E-state index contributed by atoms with van der Waals surface area (Å²) < 4.78 is 63.5. The highest BCUT2D eigenvalue weighted by Crippen LogP contribution is 2.37. The Bertz CT molecular complexity index is 751. The Kier molecular flexibility index (Phi) is 5.72. The maximum Gasteiger partial charge on any atom is 0.417 e. The van der Waals surface area contributed by atoms with Crippen LogP contribution in [-0.2, 0) is 16.2 Å². The van der Waals surface area contributed by atoms with E-state index in [2.05, 4.69) is 10.6 Å². The van der Waals surface area contributed by atoms with Crippen molar-refractivity contribution >= 4 is 33.3 Å². The third-order valence-electron chi connectivity index (χ3n) is 3.46. The molecule has 6 nitrogen and oxygen atoms in total. The molecule has 0 unspecified atom stereocenters. The molecule has 25 heavy (non-hydrogen) atoms. The summed E-state index contributed by atoms with van der Waals surface area (Å²) in [7, 11) is -3.85. The van der Waals surface area contributed by atoms with Crippen LogP contribution >= 0.6 is 11.6 Å². The van der Waals surface area contributed by atoms with E-state index in [0.29, 0.717) is 6.07 Å². The van der Waals surface area contributed by atoms with Crippen molar-refractivity contribution in [1.29, 1.82) is 0 Å². The lowest BCUT2D eigenvalue weighted by Gasteiger charge is -2.24. The Hall–Kier alpha value is -1.68. The number of carbonyl (C=O) groups is 1. The predicted octanol–water partition coefficient (Wildman–Crippen LogP) is 2.59. The minimum absolute atomic E-state index is 0.0599. The molecule has 0 aliphatic heterocycles. The molecule has 2 amide bonds. The first-order chi connectivity index (χ1) is 11.5. The molecule has 0 aromatic heterocycles. The third-order valence-corrected chi connectivity index (χ3v) is 4.98. The van der Waals surface area contributed by atoms with Gasteiger partial charge in [-0.2, -0.15) is 13.2 Å². The molecular formula is C14H17ClF3N3O3S. The van der Waals surface area contributed by atoms with E-state index in [1.165, 1.54) is 6.07 Å². The summed E-state index contributed by atoms with van der Waals surface area (Å²) in [5, 5.41) is 4.61. The van der Waals surface area contributed by atoms with Crippen molar-refractivity contribution in [2.45, 2.75) is 25.1 Å². The number of urea groups is 1. The number of anilines is 1. The molecule has 1 saturated carbocycles. The number of rotatable bonds is 6. The van der Waals surface area contributed by atoms with Crippen LogP contribution in [0.15, 0.2) is 18.2 Å². The topological polar surface area (TPSA) is 78.5 Å². The van der Waals surface area contributed by atoms with Crippen molar-refractivity contribution in [3.63, 3.8) is 0 Å². The molecule has 140 valence electrons. The first-order valence-corrected chi connectivity index (χ1v) is 9.60. The second-order valence-electron chi connectivity index (χ2n) is 5.67. The Balaban J connectivity index is 2.13. The Labute approximate surface area is 148 Å². The molecule has 0 heterocycles. The molecular weight excluding hydrogens is 383 g/mol. The van der Waals surface area contributed by atoms with E-state index in [4.69, 9.17) is 11.6 Å². The fourth-order valence-corrected chi connectivity index (χ4v) is 3.25. The number of nitrogens with zero attached hydrogens (tertiary/aromatic N) is 1. The highest BCUT2D eigenvalue weighted by Gasteiger charge is 2.34. The standard InChI is InChI=1S/C14H17ClF3N3O3S/c1-25(23,24)21(7-6-19-13(22)20-9-2-3-9)10-4-5-12(15)11(8-10)14(16,17)18/h4-5,8-9H,2-3,6-7H2,1H3,(H2,19,20,22). The Morgan fingerprint density at radius 3 is 2.52 bits per heavy atom. The molecule has 1 aromatic carbocycles. The second-order valence-corrected chi connectivity index (χ2v) is 7.99. The van der Waals surface area contributed by atoms with Crippen molar-refractivity contribution in [1.82, 2.24) is 10.6 Å². The van der Waals surface area contributed by atoms with Crippen molar-refractivity contribution in [3.05, 3.63) is 28.8 Å². The Morgan fingerprint density at radius 2 is 2.00 bits per heavy atom. The summed E-state index contributed by atoms with van der Waals surface area (Å²) in [5.74, 6) is 0. The first-order valence-electron chi connectivity index (χ1n) is 7.37. The van der Waals surface area contributed by atoms with Crippen LogP contribution < -0.4 is 14.9 Å². The highest BCUT2D eigenvalue weighted by atomic mass is 35.5. The average molecular weight is 400 g/mol. The molecule has 1 fully saturated rings. The zero-order chi connectivity index (χ0) is 18.8. The number of hydrogen-bond donors (Lipinski definition) is 2. The minimum Gasteiger partial charge on any atom is -0.336 e. The van der Waals surface area contributed by atoms with Crippen molar-refractivity contribution < 1.29 is 26.4 Å². The number of halogens is 4. The number of carbonyl (C=O) groups excluding carboxylic acids is 1. The lowest BCUT2D eigenvalue weighted by molar-refractivity contribution is -0.137. The fraction of sp³-hybridized carbons (Fsp3) is 0.500. The van der Waals surface area contributed by atoms with Crippen molar-refractivity contribution in [2.24, 2.45) is 0 Å². The van der Waals surface area contributed by atoms with Crippen molar-refractivity contribution in [3.8, 4) is 0 Å². The number of amides is 2. The molecule has 11 heteroatoms. The minimum atomic E-state index is -4.71. The van der Waals surface area contributed by atoms with Gasteiger partial charge in [-0.05, 0) is 31.0 Å². The zero-order valence-corrected chi connectivity index (χ0v) is 14.8. The molecule has 1 aliphatic carbocycles. The Morgan fingerprint density at radius 1 is 1.36 bits per heavy atom. The van der Waals surface area contributed by atoms with E-state index in [0.717, 1.165) is 29.5 Å². The van der Waals surface area contributed by atoms with Crippen LogP contribution in [0.5, 0.6) is 0 Å². The van der Waals surface area contributed by atoms with Gasteiger partial charge in [0.2, 0.25) is 10.0 Å². The molecule has 0 spiro atoms. The van der Waals surface area contributed by atoms with Gasteiger partial charge in [0.25, 0.3) is 0 Å². The van der Waals surface area contributed by atoms with E-state index in [-0.39, 0.29) is 24.8 Å².